The summed E-state index contributed by atoms with van der Waals surface area (Å²) in [5.74, 6) is -1.54. The van der Waals surface area contributed by atoms with Crippen LogP contribution in [0.25, 0.3) is 0 Å². The largest absolute Gasteiger partial charge is 0.508 e. The Hall–Kier alpha value is -4.11. The van der Waals surface area contributed by atoms with Crippen molar-refractivity contribution >= 4 is 34.7 Å². The molecule has 210 valence electrons. The number of rotatable bonds is 13. The van der Waals surface area contributed by atoms with E-state index in [1.54, 1.807) is 12.1 Å². The molecule has 0 spiro atoms. The van der Waals surface area contributed by atoms with Crippen molar-refractivity contribution in [1.29, 1.82) is 0 Å². The topological polar surface area (TPSA) is 122 Å². The van der Waals surface area contributed by atoms with Crippen molar-refractivity contribution in [3.63, 3.8) is 0 Å². The Kier molecular flexibility index (Phi) is 11.8. The smallest absolute Gasteiger partial charge is 0.328 e. The third-order valence-electron chi connectivity index (χ3n) is 6.23. The van der Waals surface area contributed by atoms with Crippen LogP contribution in [0.15, 0.2) is 84.9 Å². The number of esters is 1. The lowest BCUT2D eigenvalue weighted by atomic mass is 10.0. The average molecular weight is 563 g/mol. The fourth-order valence-electron chi connectivity index (χ4n) is 4.19. The molecule has 0 aliphatic carbocycles. The number of amides is 2. The molecular weight excluding hydrogens is 528 g/mol. The Labute approximate surface area is 238 Å². The molecular formula is C31H34N2O6S. The maximum atomic E-state index is 13.5. The molecule has 0 fully saturated rings. The highest BCUT2D eigenvalue weighted by molar-refractivity contribution is 8.14. The van der Waals surface area contributed by atoms with Gasteiger partial charge >= 0.3 is 5.97 Å². The zero-order valence-corrected chi connectivity index (χ0v) is 23.4. The number of thioether (sulfide) groups is 1. The van der Waals surface area contributed by atoms with Crippen LogP contribution in [0, 0.1) is 0 Å². The minimum Gasteiger partial charge on any atom is -0.508 e. The van der Waals surface area contributed by atoms with Gasteiger partial charge in [0.25, 0.3) is 0 Å². The van der Waals surface area contributed by atoms with Crippen LogP contribution in [0.3, 0.4) is 0 Å². The molecule has 0 aliphatic rings. The van der Waals surface area contributed by atoms with E-state index in [4.69, 9.17) is 4.74 Å². The van der Waals surface area contributed by atoms with Crippen molar-refractivity contribution in [3.8, 4) is 5.75 Å². The zero-order chi connectivity index (χ0) is 28.9. The van der Waals surface area contributed by atoms with Crippen LogP contribution >= 0.6 is 11.8 Å². The van der Waals surface area contributed by atoms with Gasteiger partial charge < -0.3 is 20.5 Å². The number of phenolic OH excluding ortho intramolecular Hbond substituents is 1. The third kappa shape index (κ3) is 9.89. The fraction of sp³-hybridized carbons (Fsp3) is 0.290. The Morgan fingerprint density at radius 3 is 1.85 bits per heavy atom. The Morgan fingerprint density at radius 1 is 0.750 bits per heavy atom. The molecule has 0 aromatic heterocycles. The Balaban J connectivity index is 1.79. The number of hydrogen-bond acceptors (Lipinski definition) is 7. The highest BCUT2D eigenvalue weighted by atomic mass is 32.2. The molecule has 0 bridgehead atoms. The van der Waals surface area contributed by atoms with E-state index in [-0.39, 0.29) is 23.7 Å². The summed E-state index contributed by atoms with van der Waals surface area (Å²) >= 11 is 0.935. The molecule has 40 heavy (non-hydrogen) atoms. The summed E-state index contributed by atoms with van der Waals surface area (Å²) in [6.45, 7) is 1.41. The summed E-state index contributed by atoms with van der Waals surface area (Å²) in [7, 11) is 1.23. The highest BCUT2D eigenvalue weighted by Crippen LogP contribution is 2.20. The predicted molar refractivity (Wildman–Crippen MR) is 155 cm³/mol. The summed E-state index contributed by atoms with van der Waals surface area (Å²) in [6.07, 6.45) is 1.31. The van der Waals surface area contributed by atoms with Gasteiger partial charge in [0.2, 0.25) is 11.8 Å². The summed E-state index contributed by atoms with van der Waals surface area (Å²) in [5.41, 5.74) is 2.56. The summed E-state index contributed by atoms with van der Waals surface area (Å²) in [5, 5.41) is 14.2. The van der Waals surface area contributed by atoms with Crippen LogP contribution < -0.4 is 10.6 Å². The average Bonchev–Trinajstić information content (AvgIpc) is 2.96. The molecule has 3 rings (SSSR count). The second-order valence-corrected chi connectivity index (χ2v) is 10.7. The van der Waals surface area contributed by atoms with Crippen molar-refractivity contribution in [1.82, 2.24) is 10.6 Å². The molecule has 0 heterocycles. The molecule has 0 saturated carbocycles. The molecule has 3 N–H and O–H groups in total. The lowest BCUT2D eigenvalue weighted by molar-refractivity contribution is -0.145. The van der Waals surface area contributed by atoms with Crippen LogP contribution in [0.2, 0.25) is 0 Å². The van der Waals surface area contributed by atoms with E-state index in [1.807, 2.05) is 60.7 Å². The monoisotopic (exact) mass is 562 g/mol. The Morgan fingerprint density at radius 2 is 1.27 bits per heavy atom. The van der Waals surface area contributed by atoms with Crippen LogP contribution in [0.4, 0.5) is 0 Å². The van der Waals surface area contributed by atoms with E-state index in [0.717, 1.165) is 22.9 Å². The van der Waals surface area contributed by atoms with Gasteiger partial charge in [-0.3, -0.25) is 14.4 Å². The molecule has 3 aromatic rings. The first-order chi connectivity index (χ1) is 19.2. The summed E-state index contributed by atoms with van der Waals surface area (Å²) in [6, 6.07) is 23.1. The van der Waals surface area contributed by atoms with Gasteiger partial charge in [-0.1, -0.05) is 84.6 Å². The number of ether oxygens (including phenoxy) is 1. The molecule has 0 aliphatic heterocycles. The van der Waals surface area contributed by atoms with Crippen molar-refractivity contribution in [2.75, 3.05) is 7.11 Å². The van der Waals surface area contributed by atoms with Crippen molar-refractivity contribution in [2.24, 2.45) is 0 Å². The number of benzene rings is 3. The Bertz CT molecular complexity index is 1270. The van der Waals surface area contributed by atoms with E-state index < -0.39 is 35.1 Å². The SMILES string of the molecule is COC(=O)[C@H](Cc1ccc(O)cc1)NC(=O)[C@H](Cc1ccccc1)NC(=O)[C@H](CCc1ccccc1)SC(C)=O. The van der Waals surface area contributed by atoms with Crippen LogP contribution in [-0.2, 0) is 43.2 Å². The lowest BCUT2D eigenvalue weighted by Crippen LogP contribution is -2.54. The molecule has 0 radical (unpaired) electrons. The third-order valence-corrected chi connectivity index (χ3v) is 7.30. The van der Waals surface area contributed by atoms with Crippen molar-refractivity contribution < 1.29 is 29.0 Å². The van der Waals surface area contributed by atoms with Crippen LogP contribution in [0.1, 0.15) is 30.0 Å². The second-order valence-electron chi connectivity index (χ2n) is 9.33. The van der Waals surface area contributed by atoms with Gasteiger partial charge in [0, 0.05) is 19.8 Å². The number of phenols is 1. The molecule has 0 unspecified atom stereocenters. The standard InChI is InChI=1S/C31H34N2O6S/c1-21(34)40-28(18-15-22-9-5-3-6-10-22)30(37)32-26(19-23-11-7-4-8-12-23)29(36)33-27(31(38)39-2)20-24-13-16-25(35)17-14-24/h3-14,16-17,26-28,35H,15,18-20H2,1-2H3,(H,32,37)(H,33,36)/t26-,27-,28-/m0/s1. The first-order valence-electron chi connectivity index (χ1n) is 13.0. The number of carbonyl (C=O) groups is 4. The highest BCUT2D eigenvalue weighted by Gasteiger charge is 2.30. The van der Waals surface area contributed by atoms with Gasteiger partial charge in [-0.2, -0.15) is 0 Å². The van der Waals surface area contributed by atoms with Crippen molar-refractivity contribution in [3.05, 3.63) is 102 Å². The number of aromatic hydroxyl groups is 1. The van der Waals surface area contributed by atoms with E-state index in [9.17, 15) is 24.3 Å². The zero-order valence-electron chi connectivity index (χ0n) is 22.5. The molecule has 0 saturated heterocycles. The van der Waals surface area contributed by atoms with Gasteiger partial charge in [-0.05, 0) is 41.7 Å². The minimum absolute atomic E-state index is 0.0818. The first-order valence-corrected chi connectivity index (χ1v) is 13.8. The van der Waals surface area contributed by atoms with Gasteiger partial charge in [0.1, 0.15) is 17.8 Å². The molecule has 3 atom stereocenters. The number of aryl methyl sites for hydroxylation is 1. The number of methoxy groups -OCH3 is 1. The number of carbonyl (C=O) groups excluding carboxylic acids is 4. The van der Waals surface area contributed by atoms with Crippen LogP contribution in [-0.4, -0.2) is 52.4 Å². The fourth-order valence-corrected chi connectivity index (χ4v) is 5.00. The van der Waals surface area contributed by atoms with Gasteiger partial charge in [-0.15, -0.1) is 0 Å². The minimum atomic E-state index is -1.02. The quantitative estimate of drug-likeness (QED) is 0.272. The van der Waals surface area contributed by atoms with Gasteiger partial charge in [0.05, 0.1) is 12.4 Å². The summed E-state index contributed by atoms with van der Waals surface area (Å²) < 4.78 is 4.91. The lowest BCUT2D eigenvalue weighted by Gasteiger charge is -2.24. The normalized spacial score (nSPS) is 12.9. The first kappa shape index (κ1) is 30.4. The van der Waals surface area contributed by atoms with E-state index in [2.05, 4.69) is 10.6 Å². The van der Waals surface area contributed by atoms with E-state index in [0.29, 0.717) is 18.4 Å². The maximum absolute atomic E-state index is 13.5. The van der Waals surface area contributed by atoms with Crippen LogP contribution in [0.5, 0.6) is 5.75 Å². The molecule has 9 heteroatoms. The van der Waals surface area contributed by atoms with E-state index in [1.165, 1.54) is 26.2 Å². The molecule has 2 amide bonds. The summed E-state index contributed by atoms with van der Waals surface area (Å²) in [4.78, 5) is 51.5. The molecule has 3 aromatic carbocycles. The number of hydrogen-bond donors (Lipinski definition) is 3. The second kappa shape index (κ2) is 15.5. The molecule has 8 nitrogen and oxygen atoms in total. The van der Waals surface area contributed by atoms with Gasteiger partial charge in [0.15, 0.2) is 5.12 Å². The predicted octanol–water partition coefficient (Wildman–Crippen LogP) is 3.60. The maximum Gasteiger partial charge on any atom is 0.328 e. The van der Waals surface area contributed by atoms with Crippen molar-refractivity contribution in [2.45, 2.75) is 49.9 Å². The van der Waals surface area contributed by atoms with E-state index >= 15 is 0 Å². The van der Waals surface area contributed by atoms with Gasteiger partial charge in [-0.25, -0.2) is 4.79 Å². The number of nitrogens with one attached hydrogen (secondary N) is 2.